The second-order valence-electron chi connectivity index (χ2n) is 3.55. The van der Waals surface area contributed by atoms with Crippen molar-refractivity contribution in [3.05, 3.63) is 28.2 Å². The Hall–Kier alpha value is -0.680. The Morgan fingerprint density at radius 3 is 2.69 bits per heavy atom. The highest BCUT2D eigenvalue weighted by Crippen LogP contribution is 2.23. The summed E-state index contributed by atoms with van der Waals surface area (Å²) in [6, 6.07) is 5.51. The summed E-state index contributed by atoms with van der Waals surface area (Å²) in [4.78, 5) is 1.57. The molecule has 0 aliphatic carbocycles. The fourth-order valence-corrected chi connectivity index (χ4v) is 1.76. The number of ether oxygens (including phenoxy) is 1. The van der Waals surface area contributed by atoms with Crippen molar-refractivity contribution in [3.63, 3.8) is 0 Å². The van der Waals surface area contributed by atoms with Crippen LogP contribution in [-0.2, 0) is 6.54 Å². The lowest BCUT2D eigenvalue weighted by molar-refractivity contribution is 0.0974. The van der Waals surface area contributed by atoms with Crippen molar-refractivity contribution in [1.29, 1.82) is 0 Å². The zero-order chi connectivity index (χ0) is 12.1. The summed E-state index contributed by atoms with van der Waals surface area (Å²) < 4.78 is 30.3. The molecule has 0 amide bonds. The summed E-state index contributed by atoms with van der Waals surface area (Å²) in [6.07, 6.45) is -2.31. The van der Waals surface area contributed by atoms with Crippen LogP contribution in [0.2, 0.25) is 0 Å². The van der Waals surface area contributed by atoms with E-state index in [9.17, 15) is 8.78 Å². The first-order valence-electron chi connectivity index (χ1n) is 4.82. The third-order valence-corrected chi connectivity index (χ3v) is 2.92. The highest BCUT2D eigenvalue weighted by atomic mass is 79.9. The molecule has 0 aliphatic heterocycles. The van der Waals surface area contributed by atoms with Gasteiger partial charge in [-0.2, -0.15) is 0 Å². The Morgan fingerprint density at radius 2 is 2.12 bits per heavy atom. The van der Waals surface area contributed by atoms with Crippen LogP contribution in [0, 0.1) is 0 Å². The number of hydrogen-bond donors (Lipinski definition) is 0. The summed E-state index contributed by atoms with van der Waals surface area (Å²) in [6.45, 7) is 0.228. The Labute approximate surface area is 102 Å². The zero-order valence-electron chi connectivity index (χ0n) is 9.21. The van der Waals surface area contributed by atoms with Crippen molar-refractivity contribution in [2.45, 2.75) is 13.0 Å². The van der Waals surface area contributed by atoms with E-state index in [0.717, 1.165) is 15.8 Å². The number of nitrogens with zero attached hydrogens (tertiary/aromatic N) is 1. The molecule has 0 saturated carbocycles. The van der Waals surface area contributed by atoms with Crippen LogP contribution in [0.5, 0.6) is 5.75 Å². The molecule has 1 rings (SSSR count). The molecular formula is C11H14BrF2NO. The molecule has 0 N–H and O–H groups in total. The summed E-state index contributed by atoms with van der Waals surface area (Å²) in [5.74, 6) is 0.726. The molecule has 1 aromatic rings. The van der Waals surface area contributed by atoms with Gasteiger partial charge >= 0.3 is 0 Å². The van der Waals surface area contributed by atoms with Crippen LogP contribution in [-0.4, -0.2) is 32.0 Å². The molecule has 16 heavy (non-hydrogen) atoms. The molecule has 0 atom stereocenters. The fraction of sp³-hybridized carbons (Fsp3) is 0.455. The minimum Gasteiger partial charge on any atom is -0.497 e. The SMILES string of the molecule is COc1ccc(Br)c(CN(C)CC(F)F)c1. The maximum atomic E-state index is 12.2. The van der Waals surface area contributed by atoms with Crippen LogP contribution in [0.3, 0.4) is 0 Å². The van der Waals surface area contributed by atoms with Gasteiger partial charge in [0, 0.05) is 11.0 Å². The van der Waals surface area contributed by atoms with Crippen LogP contribution < -0.4 is 4.74 Å². The molecular weight excluding hydrogens is 280 g/mol. The van der Waals surface area contributed by atoms with Crippen molar-refractivity contribution < 1.29 is 13.5 Å². The minimum absolute atomic E-state index is 0.232. The van der Waals surface area contributed by atoms with Crippen molar-refractivity contribution in [1.82, 2.24) is 4.90 Å². The van der Waals surface area contributed by atoms with E-state index >= 15 is 0 Å². The van der Waals surface area contributed by atoms with E-state index in [1.807, 2.05) is 18.2 Å². The predicted octanol–water partition coefficient (Wildman–Crippen LogP) is 3.15. The van der Waals surface area contributed by atoms with E-state index in [1.54, 1.807) is 19.1 Å². The lowest BCUT2D eigenvalue weighted by atomic mass is 10.2. The molecule has 0 aromatic heterocycles. The normalized spacial score (nSPS) is 11.2. The zero-order valence-corrected chi connectivity index (χ0v) is 10.8. The first-order chi connectivity index (χ1) is 7.52. The molecule has 0 radical (unpaired) electrons. The van der Waals surface area contributed by atoms with Crippen molar-refractivity contribution in [2.24, 2.45) is 0 Å². The van der Waals surface area contributed by atoms with E-state index in [0.29, 0.717) is 6.54 Å². The minimum atomic E-state index is -2.31. The van der Waals surface area contributed by atoms with Gasteiger partial charge in [0.15, 0.2) is 0 Å². The molecule has 0 fully saturated rings. The molecule has 1 aromatic carbocycles. The van der Waals surface area contributed by atoms with E-state index in [1.165, 1.54) is 0 Å². The Kier molecular flexibility index (Phi) is 5.15. The van der Waals surface area contributed by atoms with Crippen LogP contribution in [0.15, 0.2) is 22.7 Å². The smallest absolute Gasteiger partial charge is 0.251 e. The number of benzene rings is 1. The monoisotopic (exact) mass is 293 g/mol. The third kappa shape index (κ3) is 4.06. The standard InChI is InChI=1S/C11H14BrF2NO/c1-15(7-11(13)14)6-8-5-9(16-2)3-4-10(8)12/h3-5,11H,6-7H2,1-2H3. The maximum Gasteiger partial charge on any atom is 0.251 e. The number of methoxy groups -OCH3 is 1. The Bertz CT molecular complexity index is 347. The first-order valence-corrected chi connectivity index (χ1v) is 5.61. The predicted molar refractivity (Wildman–Crippen MR) is 63.0 cm³/mol. The van der Waals surface area contributed by atoms with Gasteiger partial charge < -0.3 is 4.74 Å². The van der Waals surface area contributed by atoms with Gasteiger partial charge in [-0.25, -0.2) is 8.78 Å². The van der Waals surface area contributed by atoms with Gasteiger partial charge in [0.25, 0.3) is 6.43 Å². The Balaban J connectivity index is 2.71. The second kappa shape index (κ2) is 6.15. The Morgan fingerprint density at radius 1 is 1.44 bits per heavy atom. The largest absolute Gasteiger partial charge is 0.497 e. The van der Waals surface area contributed by atoms with Crippen LogP contribution in [0.25, 0.3) is 0 Å². The van der Waals surface area contributed by atoms with Gasteiger partial charge in [-0.05, 0) is 30.8 Å². The van der Waals surface area contributed by atoms with E-state index < -0.39 is 6.43 Å². The summed E-state index contributed by atoms with van der Waals surface area (Å²) in [7, 11) is 3.24. The van der Waals surface area contributed by atoms with Gasteiger partial charge in [0.2, 0.25) is 0 Å². The van der Waals surface area contributed by atoms with Crippen LogP contribution in [0.4, 0.5) is 8.78 Å². The van der Waals surface area contributed by atoms with Gasteiger partial charge in [-0.3, -0.25) is 4.90 Å². The average molecular weight is 294 g/mol. The van der Waals surface area contributed by atoms with Gasteiger partial charge in [-0.15, -0.1) is 0 Å². The number of rotatable bonds is 5. The molecule has 2 nitrogen and oxygen atoms in total. The van der Waals surface area contributed by atoms with Crippen molar-refractivity contribution in [3.8, 4) is 5.75 Å². The molecule has 5 heteroatoms. The van der Waals surface area contributed by atoms with Gasteiger partial charge in [-0.1, -0.05) is 15.9 Å². The lowest BCUT2D eigenvalue weighted by Gasteiger charge is -2.17. The van der Waals surface area contributed by atoms with E-state index in [4.69, 9.17) is 4.74 Å². The van der Waals surface area contributed by atoms with Gasteiger partial charge in [0.05, 0.1) is 13.7 Å². The average Bonchev–Trinajstić information content (AvgIpc) is 2.20. The van der Waals surface area contributed by atoms with Crippen LogP contribution >= 0.6 is 15.9 Å². The van der Waals surface area contributed by atoms with Crippen molar-refractivity contribution >= 4 is 15.9 Å². The highest BCUT2D eigenvalue weighted by Gasteiger charge is 2.10. The summed E-state index contributed by atoms with van der Waals surface area (Å²) >= 11 is 3.38. The van der Waals surface area contributed by atoms with Crippen molar-refractivity contribution in [2.75, 3.05) is 20.7 Å². The van der Waals surface area contributed by atoms with Gasteiger partial charge in [0.1, 0.15) is 5.75 Å². The highest BCUT2D eigenvalue weighted by molar-refractivity contribution is 9.10. The van der Waals surface area contributed by atoms with E-state index in [-0.39, 0.29) is 6.54 Å². The molecule has 0 aliphatic rings. The second-order valence-corrected chi connectivity index (χ2v) is 4.40. The first kappa shape index (κ1) is 13.4. The fourth-order valence-electron chi connectivity index (χ4n) is 1.39. The van der Waals surface area contributed by atoms with E-state index in [2.05, 4.69) is 15.9 Å². The molecule has 0 unspecified atom stereocenters. The molecule has 0 spiro atoms. The summed E-state index contributed by atoms with van der Waals surface area (Å²) in [5, 5.41) is 0. The summed E-state index contributed by atoms with van der Waals surface area (Å²) in [5.41, 5.74) is 0.933. The number of hydrogen-bond acceptors (Lipinski definition) is 2. The lowest BCUT2D eigenvalue weighted by Crippen LogP contribution is -2.24. The number of alkyl halides is 2. The topological polar surface area (TPSA) is 12.5 Å². The molecule has 0 heterocycles. The molecule has 0 bridgehead atoms. The maximum absolute atomic E-state index is 12.2. The third-order valence-electron chi connectivity index (χ3n) is 2.14. The molecule has 90 valence electrons. The molecule has 0 saturated heterocycles. The van der Waals surface area contributed by atoms with Crippen LogP contribution in [0.1, 0.15) is 5.56 Å². The number of halogens is 3. The quantitative estimate of drug-likeness (QED) is 0.827.